The number of phenols is 1. The van der Waals surface area contributed by atoms with Crippen molar-refractivity contribution >= 4 is 136 Å². The lowest BCUT2D eigenvalue weighted by Gasteiger charge is -2.31. The van der Waals surface area contributed by atoms with Gasteiger partial charge < -0.3 is 154 Å². The molecule has 1 saturated heterocycles. The average molecular weight is 1900 g/mol. The number of aromatic amines is 1. The number of amides is 15. The Morgan fingerprint density at radius 1 is 0.481 bits per heavy atom. The van der Waals surface area contributed by atoms with E-state index in [-0.39, 0.29) is 115 Å². The molecule has 0 spiro atoms. The SMILES string of the molecule is CC(C)C[C@H](NC(=O)[C@@H](NC(=O)[C@H](Cc1c[nH]c2ccccc12)NC(=O)[C@@H](NC(=O)[C@H](CCCNC(=N)N)NC(=O)CNC(=O)[C@H](CCCCN)NC(=O)[C@@H](NC(=O)[C@H](CCCNC(=N)N)NC(=O)[C@@H](N)CCCCN)C(C)C)[C@@H](C)O)[C@@H](C)O)C(=O)N[C@@H](CS)C(=O)NCC(=O)N[C@H](C(=O)N1CCC[C@H]1C(=O)N[C@@H](CCC(=O)O)C(=O)N[C@@H](Cc1ccc(O)cc1)C(=O)O)[C@@H](C)O. The zero-order valence-electron chi connectivity index (χ0n) is 75.7. The molecule has 0 radical (unpaired) electrons. The lowest BCUT2D eigenvalue weighted by atomic mass is 10.0. The number of nitrogens with zero attached hydrogens (tertiary/aromatic N) is 1. The third-order valence-electron chi connectivity index (χ3n) is 21.4. The minimum Gasteiger partial charge on any atom is -0.508 e. The van der Waals surface area contributed by atoms with E-state index in [4.69, 9.17) is 39.5 Å². The van der Waals surface area contributed by atoms with Gasteiger partial charge in [0.05, 0.1) is 37.4 Å². The second-order valence-corrected chi connectivity index (χ2v) is 33.7. The number of aromatic hydroxyl groups is 1. The number of rotatable bonds is 60. The van der Waals surface area contributed by atoms with Crippen molar-refractivity contribution in [1.82, 2.24) is 95.0 Å². The minimum atomic E-state index is -1.95. The Morgan fingerprint density at radius 2 is 0.932 bits per heavy atom. The number of hydrogen-bond donors (Lipinski definition) is 31. The highest BCUT2D eigenvalue weighted by atomic mass is 32.1. The van der Waals surface area contributed by atoms with Crippen LogP contribution in [0.2, 0.25) is 0 Å². The van der Waals surface area contributed by atoms with E-state index in [1.807, 2.05) is 0 Å². The van der Waals surface area contributed by atoms with Gasteiger partial charge in [0.2, 0.25) is 88.6 Å². The average Bonchev–Trinajstić information content (AvgIpc) is 1.69. The van der Waals surface area contributed by atoms with Gasteiger partial charge in [-0.15, -0.1) is 0 Å². The number of likely N-dealkylation sites (tertiary alicyclic amines) is 1. The zero-order chi connectivity index (χ0) is 99.5. The Kier molecular flexibility index (Phi) is 48.9. The standard InChI is InChI=1S/C84H135N25O23S/c1-42(2)35-57(75(124)104-60(41-133)71(120)96-40-63(115)105-68(46(7)112)81(130)109-34-16-23-61(109)77(126)99-56(28-29-64(116)117)72(121)103-59(82(131)132)36-47-24-26-49(113)27-25-47)101-79(128)67(45(6)111)108-76(125)58(37-48-38-94-52-19-9-8-17-50(48)52)102-80(129)66(44(5)110)107-73(122)54(21-14-32-92-83(88)89)97-62(114)39-95-70(119)53(20-11-13-31-86)100-78(127)65(43(3)4)106-74(123)55(22-15-33-93-84(90)91)98-69(118)51(87)18-10-12-30-85/h8-9,17,19,24-27,38,42-46,51,53-61,65-68,94,110-113,133H,10-16,18,20-23,28-37,39-41,85-87H2,1-7H3,(H,95,119)(H,96,120)(H,97,114)(H,98,118)(H,99,126)(H,100,127)(H,101,128)(H,102,129)(H,103,121)(H,104,124)(H,105,115)(H,106,123)(H,107,122)(H,108,125)(H,116,117)(H,131,132)(H4,88,89,92)(H4,90,91,93)/t44-,45-,46-,51+,53+,54+,55+,56+,57+,58+,59+,60+,61+,65+,66+,67+,68+/m1/s1. The number of guanidine groups is 2. The largest absolute Gasteiger partial charge is 0.508 e. The number of carboxylic acid groups (broad SMARTS) is 2. The van der Waals surface area contributed by atoms with Gasteiger partial charge in [0, 0.05) is 61.7 Å². The van der Waals surface area contributed by atoms with Crippen LogP contribution in [0.5, 0.6) is 5.75 Å². The number of para-hydroxylation sites is 1. The molecule has 15 amide bonds. The van der Waals surface area contributed by atoms with Gasteiger partial charge >= 0.3 is 11.9 Å². The summed E-state index contributed by atoms with van der Waals surface area (Å²) in [5.74, 6) is -20.0. The fraction of sp³-hybridized carbons (Fsp3) is 0.607. The third-order valence-corrected chi connectivity index (χ3v) is 21.8. The molecule has 0 unspecified atom stereocenters. The Labute approximate surface area is 774 Å². The van der Waals surface area contributed by atoms with E-state index in [2.05, 4.69) is 103 Å². The Hall–Kier alpha value is -12.6. The Bertz CT molecular complexity index is 4450. The second-order valence-electron chi connectivity index (χ2n) is 33.3. The van der Waals surface area contributed by atoms with Crippen LogP contribution >= 0.6 is 12.6 Å². The number of carbonyl (C=O) groups is 17. The maximum Gasteiger partial charge on any atom is 0.326 e. The molecule has 1 fully saturated rings. The first-order valence-corrected chi connectivity index (χ1v) is 44.7. The highest BCUT2D eigenvalue weighted by Crippen LogP contribution is 2.23. The highest BCUT2D eigenvalue weighted by Gasteiger charge is 2.43. The molecule has 2 heterocycles. The molecule has 49 heteroatoms. The number of unbranched alkanes of at least 4 members (excludes halogenated alkanes) is 2. The van der Waals surface area contributed by atoms with Crippen LogP contribution in [0.3, 0.4) is 0 Å². The van der Waals surface area contributed by atoms with Crippen LogP contribution in [0.25, 0.3) is 10.9 Å². The molecule has 0 bridgehead atoms. The van der Waals surface area contributed by atoms with E-state index in [0.717, 1.165) is 25.7 Å². The summed E-state index contributed by atoms with van der Waals surface area (Å²) >= 11 is 4.23. The van der Waals surface area contributed by atoms with E-state index in [0.29, 0.717) is 47.8 Å². The normalized spacial score (nSPS) is 16.0. The number of benzene rings is 2. The number of aliphatic carboxylic acids is 2. The summed E-state index contributed by atoms with van der Waals surface area (Å²) in [6, 6.07) is -9.31. The van der Waals surface area contributed by atoms with Crippen molar-refractivity contribution in [3.8, 4) is 5.75 Å². The molecular weight excluding hydrogens is 1760 g/mol. The van der Waals surface area contributed by atoms with Crippen molar-refractivity contribution in [1.29, 1.82) is 10.8 Å². The number of hydrogen-bond acceptors (Lipinski definition) is 27. The van der Waals surface area contributed by atoms with Gasteiger partial charge in [-0.05, 0) is 158 Å². The van der Waals surface area contributed by atoms with Crippen molar-refractivity contribution in [2.24, 2.45) is 40.5 Å². The number of phenolic OH excluding ortho intramolecular Hbond substituents is 1. The van der Waals surface area contributed by atoms with Crippen LogP contribution in [0.1, 0.15) is 156 Å². The Morgan fingerprint density at radius 3 is 1.46 bits per heavy atom. The molecule has 0 saturated carbocycles. The molecule has 3 aromatic rings. The predicted molar refractivity (Wildman–Crippen MR) is 488 cm³/mol. The summed E-state index contributed by atoms with van der Waals surface area (Å²) in [6.07, 6.45) is -3.40. The summed E-state index contributed by atoms with van der Waals surface area (Å²) in [7, 11) is 0. The van der Waals surface area contributed by atoms with Crippen LogP contribution in [0.15, 0.2) is 54.7 Å². The lowest BCUT2D eigenvalue weighted by Crippen LogP contribution is -2.63. The van der Waals surface area contributed by atoms with E-state index < -0.39 is 253 Å². The van der Waals surface area contributed by atoms with Gasteiger partial charge in [0.15, 0.2) is 11.9 Å². The molecule has 48 nitrogen and oxygen atoms in total. The molecule has 1 aliphatic heterocycles. The lowest BCUT2D eigenvalue weighted by molar-refractivity contribution is -0.145. The number of carbonyl (C=O) groups excluding carboxylic acids is 15. The summed E-state index contributed by atoms with van der Waals surface area (Å²) in [4.78, 5) is 239. The highest BCUT2D eigenvalue weighted by molar-refractivity contribution is 7.80. The zero-order valence-corrected chi connectivity index (χ0v) is 76.6. The molecule has 1 aromatic heterocycles. The monoisotopic (exact) mass is 1890 g/mol. The molecule has 0 aliphatic carbocycles. The van der Waals surface area contributed by atoms with Gasteiger partial charge in [-0.1, -0.05) is 64.4 Å². The van der Waals surface area contributed by atoms with Crippen LogP contribution in [0, 0.1) is 22.7 Å². The second kappa shape index (κ2) is 57.7. The molecule has 17 atom stereocenters. The topological polar surface area (TPSA) is 801 Å². The number of fused-ring (bicyclic) bond motifs is 1. The number of aliphatic hydroxyl groups is 3. The first-order valence-electron chi connectivity index (χ1n) is 44.0. The van der Waals surface area contributed by atoms with Crippen molar-refractivity contribution < 1.29 is 112 Å². The molecular formula is C84H135N25O23S. The first-order chi connectivity index (χ1) is 62.8. The number of nitrogens with one attached hydrogen (secondary N) is 19. The van der Waals surface area contributed by atoms with E-state index >= 15 is 0 Å². The number of carboxylic acids is 2. The van der Waals surface area contributed by atoms with Crippen molar-refractivity contribution in [2.45, 2.75) is 261 Å². The van der Waals surface area contributed by atoms with Crippen LogP contribution in [0.4, 0.5) is 0 Å². The number of aliphatic hydroxyl groups excluding tert-OH is 3. The van der Waals surface area contributed by atoms with Gasteiger partial charge in [-0.2, -0.15) is 12.6 Å². The molecule has 4 rings (SSSR count). The summed E-state index contributed by atoms with van der Waals surface area (Å²) < 4.78 is 0. The molecule has 35 N–H and O–H groups in total. The van der Waals surface area contributed by atoms with Gasteiger partial charge in [0.1, 0.15) is 84.3 Å². The van der Waals surface area contributed by atoms with Crippen LogP contribution < -0.4 is 114 Å². The van der Waals surface area contributed by atoms with Crippen molar-refractivity contribution in [3.63, 3.8) is 0 Å². The van der Waals surface area contributed by atoms with Crippen molar-refractivity contribution in [3.05, 3.63) is 65.9 Å². The minimum absolute atomic E-state index is 0.0118. The summed E-state index contributed by atoms with van der Waals surface area (Å²) in [5.41, 5.74) is 29.9. The number of thiol groups is 1. The van der Waals surface area contributed by atoms with Crippen LogP contribution in [-0.2, 0) is 94.3 Å². The smallest absolute Gasteiger partial charge is 0.326 e. The molecule has 740 valence electrons. The third kappa shape index (κ3) is 39.4. The molecule has 1 aliphatic rings. The predicted octanol–water partition coefficient (Wildman–Crippen LogP) is -7.46. The van der Waals surface area contributed by atoms with Crippen LogP contribution in [-0.4, -0.2) is 307 Å². The number of H-pyrrole nitrogens is 1. The molecule has 133 heavy (non-hydrogen) atoms. The fourth-order valence-corrected chi connectivity index (χ4v) is 14.4. The molecule has 2 aromatic carbocycles. The van der Waals surface area contributed by atoms with Gasteiger partial charge in [-0.3, -0.25) is 87.5 Å². The fourth-order valence-electron chi connectivity index (χ4n) is 14.1. The maximum absolute atomic E-state index is 14.9. The first kappa shape index (κ1) is 113. The summed E-state index contributed by atoms with van der Waals surface area (Å²) in [5, 5.41) is 118. The van der Waals surface area contributed by atoms with E-state index in [1.165, 1.54) is 30.5 Å². The number of nitrogens with two attached hydrogens (primary N) is 5. The van der Waals surface area contributed by atoms with Crippen molar-refractivity contribution in [2.75, 3.05) is 51.6 Å². The van der Waals surface area contributed by atoms with Gasteiger partial charge in [-0.25, -0.2) is 4.79 Å². The van der Waals surface area contributed by atoms with E-state index in [9.17, 15) is 112 Å². The maximum atomic E-state index is 14.9. The summed E-state index contributed by atoms with van der Waals surface area (Å²) in [6.45, 7) is 8.82. The quantitative estimate of drug-likeness (QED) is 0.0108. The Balaban J connectivity index is 1.51. The number of aromatic nitrogens is 1. The van der Waals surface area contributed by atoms with Gasteiger partial charge in [0.25, 0.3) is 0 Å². The van der Waals surface area contributed by atoms with E-state index in [1.54, 1.807) is 52.0 Å².